The summed E-state index contributed by atoms with van der Waals surface area (Å²) < 4.78 is 63.3. The Morgan fingerprint density at radius 2 is 2.03 bits per heavy atom. The van der Waals surface area contributed by atoms with E-state index in [0.717, 1.165) is 0 Å². The third-order valence-corrected chi connectivity index (χ3v) is 8.27. The van der Waals surface area contributed by atoms with Crippen LogP contribution in [0.3, 0.4) is 0 Å². The van der Waals surface area contributed by atoms with Gasteiger partial charge in [-0.3, -0.25) is 23.6 Å². The van der Waals surface area contributed by atoms with Crippen molar-refractivity contribution in [3.63, 3.8) is 0 Å². The number of carbonyl (C=O) groups is 2. The molecule has 2 aromatic rings. The van der Waals surface area contributed by atoms with Crippen molar-refractivity contribution in [3.8, 4) is 5.75 Å². The number of rotatable bonds is 8. The molecule has 4 N–H and O–H groups in total. The first kappa shape index (κ1) is 28.2. The molecule has 208 valence electrons. The number of anilines is 1. The predicted octanol–water partition coefficient (Wildman–Crippen LogP) is 3.50. The van der Waals surface area contributed by atoms with E-state index in [4.69, 9.17) is 4.74 Å². The Labute approximate surface area is 219 Å². The van der Waals surface area contributed by atoms with Gasteiger partial charge in [-0.15, -0.1) is 0 Å². The van der Waals surface area contributed by atoms with Gasteiger partial charge in [-0.2, -0.15) is 23.8 Å². The van der Waals surface area contributed by atoms with Gasteiger partial charge < -0.3 is 20.1 Å². The lowest BCUT2D eigenvalue weighted by Gasteiger charge is -2.37. The van der Waals surface area contributed by atoms with E-state index in [-0.39, 0.29) is 28.7 Å². The first-order chi connectivity index (χ1) is 17.8. The maximum atomic E-state index is 13.4. The molecule has 38 heavy (non-hydrogen) atoms. The molecule has 0 spiro atoms. The topological polar surface area (TPSA) is 123 Å². The van der Waals surface area contributed by atoms with E-state index in [1.807, 2.05) is 4.90 Å². The van der Waals surface area contributed by atoms with Crippen LogP contribution in [0.15, 0.2) is 47.4 Å². The van der Waals surface area contributed by atoms with Gasteiger partial charge in [0.1, 0.15) is 11.5 Å². The van der Waals surface area contributed by atoms with Crippen LogP contribution in [0.25, 0.3) is 0 Å². The summed E-state index contributed by atoms with van der Waals surface area (Å²) in [4.78, 5) is 28.9. The highest BCUT2D eigenvalue weighted by Gasteiger charge is 2.32. The molecule has 0 aliphatic carbocycles. The van der Waals surface area contributed by atoms with E-state index in [1.54, 1.807) is 25.2 Å². The van der Waals surface area contributed by atoms with Crippen molar-refractivity contribution in [1.29, 1.82) is 0 Å². The van der Waals surface area contributed by atoms with Crippen LogP contribution in [-0.4, -0.2) is 87.1 Å². The molecule has 2 aliphatic rings. The van der Waals surface area contributed by atoms with Crippen LogP contribution in [0.5, 0.6) is 5.75 Å². The Hall–Kier alpha value is -2.84. The number of likely N-dealkylation sites (N-methyl/N-ethyl adjacent to an activating group) is 1. The van der Waals surface area contributed by atoms with Crippen LogP contribution in [0.2, 0.25) is 0 Å². The molecule has 0 radical (unpaired) electrons. The third-order valence-electron chi connectivity index (χ3n) is 6.54. The van der Waals surface area contributed by atoms with Crippen molar-refractivity contribution >= 4 is 28.1 Å². The molecular formula is C25H30F3N3O6S. The average Bonchev–Trinajstić information content (AvgIpc) is 3.24. The number of likely N-dealkylation sites (tertiary alicyclic amines) is 1. The summed E-state index contributed by atoms with van der Waals surface area (Å²) in [5.74, 6) is -1.22. The van der Waals surface area contributed by atoms with Gasteiger partial charge in [-0.25, -0.2) is 0 Å². The van der Waals surface area contributed by atoms with Crippen LogP contribution in [-0.2, 0) is 16.0 Å². The number of amides is 2. The maximum Gasteiger partial charge on any atom is 0.422 e. The van der Waals surface area contributed by atoms with Crippen molar-refractivity contribution in [3.05, 3.63) is 53.6 Å². The number of aliphatic hydroxyl groups is 1. The minimum absolute atomic E-state index is 0.0246. The van der Waals surface area contributed by atoms with Crippen LogP contribution in [0.1, 0.15) is 23.6 Å². The van der Waals surface area contributed by atoms with E-state index < -0.39 is 47.2 Å². The lowest BCUT2D eigenvalue weighted by Crippen LogP contribution is -2.39. The zero-order valence-electron chi connectivity index (χ0n) is 20.6. The van der Waals surface area contributed by atoms with Crippen LogP contribution in [0, 0.1) is 0 Å². The van der Waals surface area contributed by atoms with Crippen LogP contribution < -0.4 is 10.1 Å². The van der Waals surface area contributed by atoms with E-state index in [0.29, 0.717) is 37.2 Å². The number of carbonyl (C=O) groups excluding carboxylic acids is 2. The average molecular weight is 558 g/mol. The Kier molecular flexibility index (Phi) is 8.23. The number of alkyl halides is 3. The quantitative estimate of drug-likeness (QED) is 0.392. The number of hydrogen-bond donors (Lipinski definition) is 4. The highest BCUT2D eigenvalue weighted by atomic mass is 32.3. The minimum Gasteiger partial charge on any atom is -0.484 e. The smallest absolute Gasteiger partial charge is 0.422 e. The van der Waals surface area contributed by atoms with Crippen molar-refractivity contribution in [2.75, 3.05) is 44.4 Å². The second kappa shape index (κ2) is 11.1. The number of hydrogen-bond acceptors (Lipinski definition) is 7. The first-order valence-corrected chi connectivity index (χ1v) is 13.7. The largest absolute Gasteiger partial charge is 0.484 e. The SMILES string of the molecule is CN(C(=O)Cc1ccc2c(c1)NC(=O)CS2(O)O)[C@H](CN1CCC(O)C1)c1cccc(OCC(F)(F)F)c1. The number of halogens is 3. The normalized spacial score (nSPS) is 20.8. The van der Waals surface area contributed by atoms with Gasteiger partial charge in [-0.1, -0.05) is 18.2 Å². The number of β-amino-alcohol motifs (C(OH)–C–C–N with tert-alkyl or cyclic N) is 1. The Morgan fingerprint density at radius 3 is 2.71 bits per heavy atom. The third kappa shape index (κ3) is 6.97. The molecule has 0 saturated carbocycles. The first-order valence-electron chi connectivity index (χ1n) is 11.9. The van der Waals surface area contributed by atoms with Crippen molar-refractivity contribution in [2.24, 2.45) is 0 Å². The molecule has 2 aromatic carbocycles. The maximum absolute atomic E-state index is 13.4. The molecule has 2 amide bonds. The van der Waals surface area contributed by atoms with Gasteiger partial charge >= 0.3 is 6.18 Å². The fraction of sp³-hybridized carbons (Fsp3) is 0.440. The van der Waals surface area contributed by atoms with E-state index in [9.17, 15) is 37.0 Å². The molecule has 2 aliphatic heterocycles. The van der Waals surface area contributed by atoms with Gasteiger partial charge in [0.25, 0.3) is 0 Å². The zero-order valence-corrected chi connectivity index (χ0v) is 21.5. The monoisotopic (exact) mass is 557 g/mol. The second-order valence-corrected chi connectivity index (χ2v) is 11.6. The molecule has 0 bridgehead atoms. The fourth-order valence-electron chi connectivity index (χ4n) is 4.64. The van der Waals surface area contributed by atoms with Crippen molar-refractivity contribution in [2.45, 2.75) is 36.1 Å². The van der Waals surface area contributed by atoms with Gasteiger partial charge in [0.05, 0.1) is 29.1 Å². The van der Waals surface area contributed by atoms with Crippen molar-refractivity contribution < 1.29 is 41.7 Å². The lowest BCUT2D eigenvalue weighted by atomic mass is 10.0. The molecular weight excluding hydrogens is 527 g/mol. The van der Waals surface area contributed by atoms with Gasteiger partial charge in [0.2, 0.25) is 11.8 Å². The zero-order chi connectivity index (χ0) is 27.7. The molecule has 1 unspecified atom stereocenters. The number of nitrogens with zero attached hydrogens (tertiary/aromatic N) is 2. The summed E-state index contributed by atoms with van der Waals surface area (Å²) in [5, 5.41) is 12.6. The van der Waals surface area contributed by atoms with E-state index >= 15 is 0 Å². The molecule has 1 saturated heterocycles. The van der Waals surface area contributed by atoms with E-state index in [2.05, 4.69) is 5.32 Å². The highest BCUT2D eigenvalue weighted by Crippen LogP contribution is 2.53. The lowest BCUT2D eigenvalue weighted by molar-refractivity contribution is -0.153. The number of ether oxygens (including phenoxy) is 1. The molecule has 9 nitrogen and oxygen atoms in total. The number of nitrogens with one attached hydrogen (secondary N) is 1. The number of benzene rings is 2. The summed E-state index contributed by atoms with van der Waals surface area (Å²) in [7, 11) is -1.66. The van der Waals surface area contributed by atoms with Gasteiger partial charge in [0.15, 0.2) is 6.61 Å². The minimum atomic E-state index is -4.49. The summed E-state index contributed by atoms with van der Waals surface area (Å²) in [5.41, 5.74) is 1.36. The second-order valence-electron chi connectivity index (χ2n) is 9.57. The fourth-order valence-corrected chi connectivity index (χ4v) is 5.98. The van der Waals surface area contributed by atoms with Crippen molar-refractivity contribution in [1.82, 2.24) is 9.80 Å². The Bertz CT molecular complexity index is 1200. The molecule has 0 aromatic heterocycles. The molecule has 1 fully saturated rings. The number of fused-ring (bicyclic) bond motifs is 1. The predicted molar refractivity (Wildman–Crippen MR) is 135 cm³/mol. The Morgan fingerprint density at radius 1 is 1.26 bits per heavy atom. The summed E-state index contributed by atoms with van der Waals surface area (Å²) in [6.45, 7) is -0.0580. The van der Waals surface area contributed by atoms with Gasteiger partial charge in [-0.05, 0) is 41.8 Å². The standard InChI is InChI=1S/C25H30F3N3O6S/c1-30(24(34)10-16-5-6-22-20(9-16)29-23(33)14-38(22,35)36)21(13-31-8-7-18(32)12-31)17-3-2-4-19(11-17)37-15-25(26,27)28/h2-6,9,11,18,21,32,35-36H,7-8,10,12-15H2,1H3,(H,29,33)/t18?,21-/m1/s1. The van der Waals surface area contributed by atoms with Gasteiger partial charge in [0, 0.05) is 26.7 Å². The molecule has 2 heterocycles. The number of aliphatic hydroxyl groups excluding tert-OH is 1. The molecule has 2 atom stereocenters. The van der Waals surface area contributed by atoms with Crippen LogP contribution in [0.4, 0.5) is 18.9 Å². The highest BCUT2D eigenvalue weighted by molar-refractivity contribution is 8.25. The molecule has 13 heteroatoms. The Balaban J connectivity index is 1.55. The molecule has 4 rings (SSSR count). The summed E-state index contributed by atoms with van der Waals surface area (Å²) in [6, 6.07) is 10.2. The summed E-state index contributed by atoms with van der Waals surface area (Å²) >= 11 is 0. The van der Waals surface area contributed by atoms with E-state index in [1.165, 1.54) is 29.2 Å². The van der Waals surface area contributed by atoms with Crippen LogP contribution >= 0.6 is 10.6 Å². The summed E-state index contributed by atoms with van der Waals surface area (Å²) in [6.07, 6.45) is -4.47.